The highest BCUT2D eigenvalue weighted by atomic mass is 35.5. The lowest BCUT2D eigenvalue weighted by molar-refractivity contribution is 0.0691. The number of carboxylic acid groups (broad SMARTS) is 1. The van der Waals surface area contributed by atoms with Crippen molar-refractivity contribution in [2.24, 2.45) is 0 Å². The van der Waals surface area contributed by atoms with Gasteiger partial charge in [0.2, 0.25) is 0 Å². The van der Waals surface area contributed by atoms with Gasteiger partial charge in [-0.3, -0.25) is 0 Å². The van der Waals surface area contributed by atoms with Crippen molar-refractivity contribution in [3.63, 3.8) is 0 Å². The van der Waals surface area contributed by atoms with Gasteiger partial charge in [0.1, 0.15) is 11.6 Å². The summed E-state index contributed by atoms with van der Waals surface area (Å²) in [7, 11) is 0. The zero-order valence-electron chi connectivity index (χ0n) is 9.25. The first-order chi connectivity index (χ1) is 8.90. The van der Waals surface area contributed by atoms with Crippen LogP contribution in [-0.4, -0.2) is 11.1 Å². The molecule has 0 spiro atoms. The van der Waals surface area contributed by atoms with Crippen molar-refractivity contribution in [3.05, 3.63) is 57.6 Å². The lowest BCUT2D eigenvalue weighted by Crippen LogP contribution is -2.02. The standard InChI is InChI=1S/C13H6Cl2F2O2/c14-6-1-2-7(10(15)3-6)8-4-12(17)9(13(18)19)5-11(8)16/h1-5H,(H,18,19). The molecule has 0 fully saturated rings. The first-order valence-electron chi connectivity index (χ1n) is 5.08. The van der Waals surface area contributed by atoms with Crippen LogP contribution in [0.1, 0.15) is 10.4 Å². The lowest BCUT2D eigenvalue weighted by atomic mass is 10.0. The molecule has 0 aliphatic rings. The van der Waals surface area contributed by atoms with Gasteiger partial charge in [0, 0.05) is 21.2 Å². The first-order valence-corrected chi connectivity index (χ1v) is 5.83. The molecule has 98 valence electrons. The zero-order valence-corrected chi connectivity index (χ0v) is 10.8. The Kier molecular flexibility index (Phi) is 3.73. The highest BCUT2D eigenvalue weighted by Crippen LogP contribution is 2.33. The van der Waals surface area contributed by atoms with Crippen LogP contribution in [-0.2, 0) is 0 Å². The summed E-state index contributed by atoms with van der Waals surface area (Å²) in [6.07, 6.45) is 0. The molecule has 6 heteroatoms. The summed E-state index contributed by atoms with van der Waals surface area (Å²) >= 11 is 11.6. The van der Waals surface area contributed by atoms with Crippen LogP contribution in [0.15, 0.2) is 30.3 Å². The van der Waals surface area contributed by atoms with Gasteiger partial charge in [0.05, 0.1) is 5.56 Å². The summed E-state index contributed by atoms with van der Waals surface area (Å²) in [5.74, 6) is -3.44. The van der Waals surface area contributed by atoms with Crippen molar-refractivity contribution in [3.8, 4) is 11.1 Å². The van der Waals surface area contributed by atoms with E-state index >= 15 is 0 Å². The van der Waals surface area contributed by atoms with Gasteiger partial charge >= 0.3 is 5.97 Å². The molecule has 0 atom stereocenters. The van der Waals surface area contributed by atoms with Gasteiger partial charge in [-0.1, -0.05) is 29.3 Å². The third-order valence-electron chi connectivity index (χ3n) is 2.51. The van der Waals surface area contributed by atoms with Gasteiger partial charge in [0.25, 0.3) is 0 Å². The second-order valence-corrected chi connectivity index (χ2v) is 4.58. The molecular weight excluding hydrogens is 297 g/mol. The SMILES string of the molecule is O=C(O)c1cc(F)c(-c2ccc(Cl)cc2Cl)cc1F. The molecule has 0 aromatic heterocycles. The Morgan fingerprint density at radius 1 is 1.00 bits per heavy atom. The van der Waals surface area contributed by atoms with E-state index in [0.29, 0.717) is 11.1 Å². The highest BCUT2D eigenvalue weighted by molar-refractivity contribution is 6.36. The van der Waals surface area contributed by atoms with Crippen LogP contribution in [0.4, 0.5) is 8.78 Å². The lowest BCUT2D eigenvalue weighted by Gasteiger charge is -2.08. The molecule has 0 saturated carbocycles. The maximum atomic E-state index is 13.8. The molecule has 0 bridgehead atoms. The number of aromatic carboxylic acids is 1. The maximum Gasteiger partial charge on any atom is 0.338 e. The summed E-state index contributed by atoms with van der Waals surface area (Å²) in [4.78, 5) is 10.7. The number of benzene rings is 2. The fourth-order valence-corrected chi connectivity index (χ4v) is 2.14. The Hall–Kier alpha value is -1.65. The Labute approximate surface area is 117 Å². The monoisotopic (exact) mass is 302 g/mol. The molecule has 2 aromatic carbocycles. The van der Waals surface area contributed by atoms with Crippen molar-refractivity contribution in [2.75, 3.05) is 0 Å². The molecule has 19 heavy (non-hydrogen) atoms. The Balaban J connectivity index is 2.63. The van der Waals surface area contributed by atoms with Gasteiger partial charge in [-0.2, -0.15) is 0 Å². The number of hydrogen-bond acceptors (Lipinski definition) is 1. The topological polar surface area (TPSA) is 37.3 Å². The molecule has 0 unspecified atom stereocenters. The molecule has 0 amide bonds. The second kappa shape index (κ2) is 5.15. The Morgan fingerprint density at radius 3 is 2.26 bits per heavy atom. The minimum atomic E-state index is -1.54. The third-order valence-corrected chi connectivity index (χ3v) is 3.06. The molecule has 0 aliphatic carbocycles. The van der Waals surface area contributed by atoms with E-state index in [-0.39, 0.29) is 16.1 Å². The highest BCUT2D eigenvalue weighted by Gasteiger charge is 2.17. The third kappa shape index (κ3) is 2.69. The largest absolute Gasteiger partial charge is 0.478 e. The molecule has 0 saturated heterocycles. The summed E-state index contributed by atoms with van der Waals surface area (Å²) < 4.78 is 27.4. The van der Waals surface area contributed by atoms with Crippen LogP contribution in [0.3, 0.4) is 0 Å². The molecule has 0 heterocycles. The zero-order chi connectivity index (χ0) is 14.2. The van der Waals surface area contributed by atoms with E-state index in [2.05, 4.69) is 0 Å². The average Bonchev–Trinajstić information content (AvgIpc) is 2.32. The van der Waals surface area contributed by atoms with Gasteiger partial charge in [-0.05, 0) is 24.3 Å². The average molecular weight is 303 g/mol. The van der Waals surface area contributed by atoms with E-state index in [1.807, 2.05) is 0 Å². The van der Waals surface area contributed by atoms with Crippen LogP contribution in [0.2, 0.25) is 10.0 Å². The van der Waals surface area contributed by atoms with Gasteiger partial charge < -0.3 is 5.11 Å². The summed E-state index contributed by atoms with van der Waals surface area (Å²) in [6, 6.07) is 5.72. The van der Waals surface area contributed by atoms with Gasteiger partial charge in [0.15, 0.2) is 0 Å². The van der Waals surface area contributed by atoms with Crippen LogP contribution in [0.25, 0.3) is 11.1 Å². The van der Waals surface area contributed by atoms with E-state index < -0.39 is 23.2 Å². The fraction of sp³-hybridized carbons (Fsp3) is 0. The minimum Gasteiger partial charge on any atom is -0.478 e. The molecular formula is C13H6Cl2F2O2. The molecule has 0 radical (unpaired) electrons. The van der Waals surface area contributed by atoms with Crippen molar-refractivity contribution in [1.82, 2.24) is 0 Å². The predicted molar refractivity (Wildman–Crippen MR) is 68.8 cm³/mol. The first kappa shape index (κ1) is 13.8. The predicted octanol–water partition coefficient (Wildman–Crippen LogP) is 4.64. The van der Waals surface area contributed by atoms with Crippen LogP contribution in [0, 0.1) is 11.6 Å². The molecule has 2 nitrogen and oxygen atoms in total. The fourth-order valence-electron chi connectivity index (χ4n) is 1.63. The summed E-state index contributed by atoms with van der Waals surface area (Å²) in [5, 5.41) is 9.20. The van der Waals surface area contributed by atoms with Crippen molar-refractivity contribution >= 4 is 29.2 Å². The molecule has 0 aliphatic heterocycles. The number of rotatable bonds is 2. The smallest absolute Gasteiger partial charge is 0.338 e. The maximum absolute atomic E-state index is 13.8. The number of carboxylic acids is 1. The van der Waals surface area contributed by atoms with Crippen molar-refractivity contribution in [2.45, 2.75) is 0 Å². The normalized spacial score (nSPS) is 10.5. The molecule has 2 rings (SSSR count). The quantitative estimate of drug-likeness (QED) is 0.877. The van der Waals surface area contributed by atoms with E-state index in [0.717, 1.165) is 6.07 Å². The minimum absolute atomic E-state index is 0.121. The van der Waals surface area contributed by atoms with E-state index in [4.69, 9.17) is 28.3 Å². The van der Waals surface area contributed by atoms with Crippen molar-refractivity contribution in [1.29, 1.82) is 0 Å². The number of carbonyl (C=O) groups is 1. The van der Waals surface area contributed by atoms with Gasteiger partial charge in [-0.15, -0.1) is 0 Å². The van der Waals surface area contributed by atoms with E-state index in [1.165, 1.54) is 18.2 Å². The second-order valence-electron chi connectivity index (χ2n) is 3.74. The molecule has 2 aromatic rings. The van der Waals surface area contributed by atoms with Crippen LogP contribution < -0.4 is 0 Å². The Bertz CT molecular complexity index is 672. The number of halogens is 4. The molecule has 1 N–H and O–H groups in total. The Morgan fingerprint density at radius 2 is 1.68 bits per heavy atom. The van der Waals surface area contributed by atoms with Crippen molar-refractivity contribution < 1.29 is 18.7 Å². The van der Waals surface area contributed by atoms with E-state index in [1.54, 1.807) is 0 Å². The van der Waals surface area contributed by atoms with Crippen LogP contribution >= 0.6 is 23.2 Å². The summed E-state index contributed by atoms with van der Waals surface area (Å²) in [6.45, 7) is 0. The van der Waals surface area contributed by atoms with Gasteiger partial charge in [-0.25, -0.2) is 13.6 Å². The van der Waals surface area contributed by atoms with E-state index in [9.17, 15) is 13.6 Å². The number of hydrogen-bond donors (Lipinski definition) is 1. The summed E-state index contributed by atoms with van der Waals surface area (Å²) in [5.41, 5.74) is -0.616. The van der Waals surface area contributed by atoms with Crippen LogP contribution in [0.5, 0.6) is 0 Å².